The molecule has 152 valence electrons. The number of aromatic amines is 2. The van der Waals surface area contributed by atoms with Crippen molar-refractivity contribution in [1.29, 1.82) is 0 Å². The van der Waals surface area contributed by atoms with Crippen LogP contribution in [0.4, 0.5) is 0 Å². The smallest absolute Gasteiger partial charge is 0.340 e. The number of ether oxygens (including phenoxy) is 1. The minimum atomic E-state index is -0.259. The van der Waals surface area contributed by atoms with Crippen LogP contribution in [-0.4, -0.2) is 39.8 Å². The molecule has 4 rings (SSSR count). The molecule has 1 aliphatic rings. The van der Waals surface area contributed by atoms with E-state index in [1.807, 2.05) is 30.3 Å². The average Bonchev–Trinajstić information content (AvgIpc) is 3.15. The monoisotopic (exact) mass is 412 g/mol. The predicted octanol–water partition coefficient (Wildman–Crippen LogP) is 3.50. The molecule has 2 heterocycles. The maximum atomic E-state index is 11.3. The van der Waals surface area contributed by atoms with Gasteiger partial charge >= 0.3 is 5.69 Å². The lowest BCUT2D eigenvalue weighted by molar-refractivity contribution is 0.0342. The maximum Gasteiger partial charge on any atom is 0.340 e. The second kappa shape index (κ2) is 8.95. The molecule has 1 aromatic heterocycles. The van der Waals surface area contributed by atoms with Gasteiger partial charge in [-0.2, -0.15) is 5.10 Å². The molecule has 0 bridgehead atoms. The van der Waals surface area contributed by atoms with Crippen molar-refractivity contribution in [3.63, 3.8) is 0 Å². The normalized spacial score (nSPS) is 16.7. The maximum absolute atomic E-state index is 11.3. The fraction of sp³-hybridized carbons (Fsp3) is 0.364. The standard InChI is InChI=1S/C22H25ClN4O2/c23-19-8-4-5-17(13-19)15-29-16-22(18-6-2-1-3-7-18)9-11-27(12-10-22)14-20-24-21(28)26-25-20/h1-8,13H,9-12,14-16H2,(H2,24,25,26,28). The van der Waals surface area contributed by atoms with Crippen molar-refractivity contribution >= 4 is 11.6 Å². The Morgan fingerprint density at radius 1 is 1.10 bits per heavy atom. The van der Waals surface area contributed by atoms with Crippen LogP contribution in [0, 0.1) is 0 Å². The molecule has 0 atom stereocenters. The fourth-order valence-corrected chi connectivity index (χ4v) is 4.24. The highest BCUT2D eigenvalue weighted by Gasteiger charge is 2.36. The first kappa shape index (κ1) is 19.9. The SMILES string of the molecule is O=c1[nH]nc(CN2CCC(COCc3cccc(Cl)c3)(c3ccccc3)CC2)[nH]1. The highest BCUT2D eigenvalue weighted by molar-refractivity contribution is 6.30. The quantitative estimate of drug-likeness (QED) is 0.622. The summed E-state index contributed by atoms with van der Waals surface area (Å²) < 4.78 is 6.19. The third-order valence-electron chi connectivity index (χ3n) is 5.66. The highest BCUT2D eigenvalue weighted by atomic mass is 35.5. The Balaban J connectivity index is 1.42. The third kappa shape index (κ3) is 4.96. The molecule has 0 unspecified atom stereocenters. The Bertz CT molecular complexity index is 977. The molecule has 1 aliphatic heterocycles. The Labute approximate surface area is 174 Å². The van der Waals surface area contributed by atoms with E-state index in [0.717, 1.165) is 36.5 Å². The van der Waals surface area contributed by atoms with E-state index in [0.29, 0.717) is 25.6 Å². The molecular formula is C22H25ClN4O2. The summed E-state index contributed by atoms with van der Waals surface area (Å²) >= 11 is 6.09. The van der Waals surface area contributed by atoms with Crippen LogP contribution in [0.2, 0.25) is 5.02 Å². The Kier molecular flexibility index (Phi) is 6.13. The van der Waals surface area contributed by atoms with Gasteiger partial charge in [-0.25, -0.2) is 9.89 Å². The van der Waals surface area contributed by atoms with Gasteiger partial charge in [-0.05, 0) is 49.2 Å². The first-order chi connectivity index (χ1) is 14.1. The van der Waals surface area contributed by atoms with Crippen LogP contribution in [0.5, 0.6) is 0 Å². The number of benzene rings is 2. The summed E-state index contributed by atoms with van der Waals surface area (Å²) in [7, 11) is 0. The largest absolute Gasteiger partial charge is 0.376 e. The zero-order valence-electron chi connectivity index (χ0n) is 16.2. The Morgan fingerprint density at radius 2 is 1.90 bits per heavy atom. The van der Waals surface area contributed by atoms with Crippen molar-refractivity contribution < 1.29 is 4.74 Å². The van der Waals surface area contributed by atoms with Crippen LogP contribution < -0.4 is 5.69 Å². The zero-order chi connectivity index (χ0) is 20.1. The number of nitrogens with one attached hydrogen (secondary N) is 2. The summed E-state index contributed by atoms with van der Waals surface area (Å²) in [4.78, 5) is 16.3. The Hall–Kier alpha value is -2.41. The van der Waals surface area contributed by atoms with Gasteiger partial charge < -0.3 is 4.74 Å². The van der Waals surface area contributed by atoms with Crippen LogP contribution in [0.15, 0.2) is 59.4 Å². The molecule has 6 nitrogen and oxygen atoms in total. The summed E-state index contributed by atoms with van der Waals surface area (Å²) in [5, 5.41) is 7.19. The molecule has 29 heavy (non-hydrogen) atoms. The first-order valence-electron chi connectivity index (χ1n) is 9.87. The first-order valence-corrected chi connectivity index (χ1v) is 10.2. The number of aromatic nitrogens is 3. The molecular weight excluding hydrogens is 388 g/mol. The molecule has 0 amide bonds. The number of hydrogen-bond acceptors (Lipinski definition) is 4. The van der Waals surface area contributed by atoms with E-state index in [1.54, 1.807) is 0 Å². The topological polar surface area (TPSA) is 74.0 Å². The Morgan fingerprint density at radius 3 is 2.59 bits per heavy atom. The van der Waals surface area contributed by atoms with E-state index in [2.05, 4.69) is 44.3 Å². The summed E-state index contributed by atoms with van der Waals surface area (Å²) in [5.41, 5.74) is 2.12. The van der Waals surface area contributed by atoms with Crippen molar-refractivity contribution in [3.8, 4) is 0 Å². The summed E-state index contributed by atoms with van der Waals surface area (Å²) in [5.74, 6) is 0.680. The van der Waals surface area contributed by atoms with Gasteiger partial charge in [0.05, 0.1) is 19.8 Å². The molecule has 0 saturated carbocycles. The van der Waals surface area contributed by atoms with Crippen molar-refractivity contribution in [1.82, 2.24) is 20.1 Å². The van der Waals surface area contributed by atoms with Crippen LogP contribution >= 0.6 is 11.6 Å². The summed E-state index contributed by atoms with van der Waals surface area (Å²) in [6.07, 6.45) is 1.97. The number of nitrogens with zero attached hydrogens (tertiary/aromatic N) is 2. The van der Waals surface area contributed by atoms with Gasteiger partial charge in [0.25, 0.3) is 0 Å². The molecule has 1 saturated heterocycles. The lowest BCUT2D eigenvalue weighted by Crippen LogP contribution is -2.45. The van der Waals surface area contributed by atoms with Crippen LogP contribution in [0.25, 0.3) is 0 Å². The van der Waals surface area contributed by atoms with Crippen molar-refractivity contribution in [2.45, 2.75) is 31.4 Å². The van der Waals surface area contributed by atoms with Crippen LogP contribution in [-0.2, 0) is 23.3 Å². The number of H-pyrrole nitrogens is 2. The van der Waals surface area contributed by atoms with E-state index in [1.165, 1.54) is 5.56 Å². The van der Waals surface area contributed by atoms with E-state index < -0.39 is 0 Å². The van der Waals surface area contributed by atoms with Gasteiger partial charge in [0.15, 0.2) is 0 Å². The molecule has 1 fully saturated rings. The van der Waals surface area contributed by atoms with Gasteiger partial charge in [0, 0.05) is 10.4 Å². The van der Waals surface area contributed by atoms with Gasteiger partial charge in [-0.3, -0.25) is 9.88 Å². The average molecular weight is 413 g/mol. The van der Waals surface area contributed by atoms with Crippen molar-refractivity contribution in [3.05, 3.63) is 87.1 Å². The molecule has 2 aromatic carbocycles. The third-order valence-corrected chi connectivity index (χ3v) is 5.89. The number of halogens is 1. The lowest BCUT2D eigenvalue weighted by Gasteiger charge is -2.42. The minimum absolute atomic E-state index is 0.0185. The number of piperidine rings is 1. The zero-order valence-corrected chi connectivity index (χ0v) is 17.0. The summed E-state index contributed by atoms with van der Waals surface area (Å²) in [6.45, 7) is 3.70. The number of rotatable bonds is 7. The molecule has 3 aromatic rings. The van der Waals surface area contributed by atoms with Crippen molar-refractivity contribution in [2.24, 2.45) is 0 Å². The van der Waals surface area contributed by atoms with Gasteiger partial charge in [0.1, 0.15) is 5.82 Å². The van der Waals surface area contributed by atoms with Gasteiger partial charge in [0.2, 0.25) is 0 Å². The molecule has 0 spiro atoms. The molecule has 0 aliphatic carbocycles. The summed E-state index contributed by atoms with van der Waals surface area (Å²) in [6, 6.07) is 18.4. The van der Waals surface area contributed by atoms with E-state index >= 15 is 0 Å². The molecule has 2 N–H and O–H groups in total. The lowest BCUT2D eigenvalue weighted by atomic mass is 9.73. The van der Waals surface area contributed by atoms with E-state index in [9.17, 15) is 4.79 Å². The minimum Gasteiger partial charge on any atom is -0.376 e. The number of hydrogen-bond donors (Lipinski definition) is 2. The van der Waals surface area contributed by atoms with Crippen LogP contribution in [0.3, 0.4) is 0 Å². The van der Waals surface area contributed by atoms with Gasteiger partial charge in [-0.1, -0.05) is 54.1 Å². The fourth-order valence-electron chi connectivity index (χ4n) is 4.03. The second-order valence-electron chi connectivity index (χ2n) is 7.67. The van der Waals surface area contributed by atoms with Crippen molar-refractivity contribution in [2.75, 3.05) is 19.7 Å². The van der Waals surface area contributed by atoms with E-state index in [4.69, 9.17) is 16.3 Å². The number of likely N-dealkylation sites (tertiary alicyclic amines) is 1. The molecule has 7 heteroatoms. The van der Waals surface area contributed by atoms with Gasteiger partial charge in [-0.15, -0.1) is 0 Å². The highest BCUT2D eigenvalue weighted by Crippen LogP contribution is 2.36. The van der Waals surface area contributed by atoms with Crippen LogP contribution in [0.1, 0.15) is 29.8 Å². The molecule has 0 radical (unpaired) electrons. The second-order valence-corrected chi connectivity index (χ2v) is 8.11. The predicted molar refractivity (Wildman–Crippen MR) is 113 cm³/mol. The van der Waals surface area contributed by atoms with E-state index in [-0.39, 0.29) is 11.1 Å².